The van der Waals surface area contributed by atoms with Gasteiger partial charge in [0.05, 0.1) is 0 Å². The number of hydrogen-bond donors (Lipinski definition) is 1. The molecule has 0 unspecified atom stereocenters. The summed E-state index contributed by atoms with van der Waals surface area (Å²) in [5, 5.41) is 3.13. The minimum atomic E-state index is 0.835. The molecule has 14 heavy (non-hydrogen) atoms. The average Bonchev–Trinajstić information content (AvgIpc) is 2.42. The zero-order valence-corrected chi connectivity index (χ0v) is 11.5. The van der Waals surface area contributed by atoms with E-state index in [2.05, 4.69) is 39.3 Å². The zero-order valence-electron chi connectivity index (χ0n) is 8.31. The second-order valence-electron chi connectivity index (χ2n) is 3.18. The predicted octanol–water partition coefficient (Wildman–Crippen LogP) is 2.82. The van der Waals surface area contributed by atoms with Crippen molar-refractivity contribution in [3.05, 3.63) is 19.8 Å². The van der Waals surface area contributed by atoms with Crippen LogP contribution < -0.4 is 5.32 Å². The van der Waals surface area contributed by atoms with E-state index in [1.807, 2.05) is 7.05 Å². The SMILES string of the molecule is CNCCN(C)Cc1cc(Br)c(Cl)s1. The molecule has 1 N–H and O–H groups in total. The highest BCUT2D eigenvalue weighted by Gasteiger charge is 2.06. The molecule has 1 aromatic rings. The van der Waals surface area contributed by atoms with Gasteiger partial charge in [-0.25, -0.2) is 0 Å². The van der Waals surface area contributed by atoms with E-state index in [-0.39, 0.29) is 0 Å². The fourth-order valence-corrected chi connectivity index (χ4v) is 2.99. The highest BCUT2D eigenvalue weighted by molar-refractivity contribution is 9.10. The molecular formula is C9H14BrClN2S. The van der Waals surface area contributed by atoms with Crippen molar-refractivity contribution in [2.24, 2.45) is 0 Å². The van der Waals surface area contributed by atoms with E-state index in [4.69, 9.17) is 11.6 Å². The van der Waals surface area contributed by atoms with E-state index in [1.165, 1.54) is 4.88 Å². The van der Waals surface area contributed by atoms with Crippen LogP contribution >= 0.6 is 38.9 Å². The molecular weight excluding hydrogens is 284 g/mol. The maximum Gasteiger partial charge on any atom is 0.107 e. The van der Waals surface area contributed by atoms with Crippen LogP contribution in [0, 0.1) is 0 Å². The van der Waals surface area contributed by atoms with Crippen LogP contribution in [0.3, 0.4) is 0 Å². The van der Waals surface area contributed by atoms with Crippen molar-refractivity contribution in [2.75, 3.05) is 27.2 Å². The molecule has 0 bridgehead atoms. The fourth-order valence-electron chi connectivity index (χ4n) is 1.12. The third-order valence-corrected chi connectivity index (χ3v) is 4.32. The topological polar surface area (TPSA) is 15.3 Å². The lowest BCUT2D eigenvalue weighted by molar-refractivity contribution is 0.331. The largest absolute Gasteiger partial charge is 0.318 e. The minimum Gasteiger partial charge on any atom is -0.318 e. The molecule has 0 radical (unpaired) electrons. The molecule has 0 aliphatic heterocycles. The summed E-state index contributed by atoms with van der Waals surface area (Å²) in [7, 11) is 4.07. The summed E-state index contributed by atoms with van der Waals surface area (Å²) in [5.74, 6) is 0. The normalized spacial score (nSPS) is 11.2. The van der Waals surface area contributed by atoms with Crippen LogP contribution in [0.2, 0.25) is 4.34 Å². The van der Waals surface area contributed by atoms with Gasteiger partial charge in [0.25, 0.3) is 0 Å². The van der Waals surface area contributed by atoms with Gasteiger partial charge in [0.15, 0.2) is 0 Å². The molecule has 0 fully saturated rings. The standard InChI is InChI=1S/C9H14BrClN2S/c1-12-3-4-13(2)6-7-5-8(10)9(11)14-7/h5,12H,3-4,6H2,1-2H3. The maximum atomic E-state index is 5.96. The van der Waals surface area contributed by atoms with Gasteiger partial charge in [0, 0.05) is 29.0 Å². The van der Waals surface area contributed by atoms with Gasteiger partial charge in [-0.05, 0) is 36.1 Å². The molecule has 0 aromatic carbocycles. The molecule has 0 amide bonds. The quantitative estimate of drug-likeness (QED) is 0.899. The van der Waals surface area contributed by atoms with Crippen molar-refractivity contribution in [2.45, 2.75) is 6.54 Å². The van der Waals surface area contributed by atoms with Crippen molar-refractivity contribution in [1.29, 1.82) is 0 Å². The van der Waals surface area contributed by atoms with Crippen LogP contribution in [-0.4, -0.2) is 32.1 Å². The monoisotopic (exact) mass is 296 g/mol. The smallest absolute Gasteiger partial charge is 0.107 e. The first-order valence-electron chi connectivity index (χ1n) is 4.40. The van der Waals surface area contributed by atoms with Gasteiger partial charge in [-0.3, -0.25) is 0 Å². The van der Waals surface area contributed by atoms with Gasteiger partial charge in [-0.1, -0.05) is 11.6 Å². The Hall–Kier alpha value is 0.390. The lowest BCUT2D eigenvalue weighted by Crippen LogP contribution is -2.26. The Bertz CT molecular complexity index is 271. The summed E-state index contributed by atoms with van der Waals surface area (Å²) in [5.41, 5.74) is 0. The number of likely N-dealkylation sites (N-methyl/N-ethyl adjacent to an activating group) is 2. The molecule has 1 aromatic heterocycles. The van der Waals surface area contributed by atoms with Gasteiger partial charge >= 0.3 is 0 Å². The average molecular weight is 298 g/mol. The van der Waals surface area contributed by atoms with E-state index in [9.17, 15) is 0 Å². The van der Waals surface area contributed by atoms with Crippen molar-refractivity contribution in [3.63, 3.8) is 0 Å². The molecule has 0 aliphatic carbocycles. The minimum absolute atomic E-state index is 0.835. The summed E-state index contributed by atoms with van der Waals surface area (Å²) in [6, 6.07) is 2.09. The number of nitrogens with zero attached hydrogens (tertiary/aromatic N) is 1. The van der Waals surface area contributed by atoms with Crippen LogP contribution in [0.15, 0.2) is 10.5 Å². The zero-order chi connectivity index (χ0) is 10.6. The molecule has 0 aliphatic rings. The molecule has 0 spiro atoms. The lowest BCUT2D eigenvalue weighted by atomic mass is 10.4. The first-order valence-corrected chi connectivity index (χ1v) is 6.39. The second-order valence-corrected chi connectivity index (χ2v) is 5.77. The van der Waals surface area contributed by atoms with Crippen molar-refractivity contribution >= 4 is 38.9 Å². The number of thiophene rings is 1. The number of halogens is 2. The first-order chi connectivity index (χ1) is 6.63. The molecule has 5 heteroatoms. The van der Waals surface area contributed by atoms with Crippen molar-refractivity contribution in [1.82, 2.24) is 10.2 Å². The third kappa shape index (κ3) is 3.87. The molecule has 80 valence electrons. The molecule has 0 saturated heterocycles. The van der Waals surface area contributed by atoms with Gasteiger partial charge in [0.1, 0.15) is 4.34 Å². The highest BCUT2D eigenvalue weighted by atomic mass is 79.9. The Labute approximate surface area is 102 Å². The number of rotatable bonds is 5. The molecule has 2 nitrogen and oxygen atoms in total. The maximum absolute atomic E-state index is 5.96. The van der Waals surface area contributed by atoms with E-state index in [1.54, 1.807) is 11.3 Å². The van der Waals surface area contributed by atoms with Gasteiger partial charge < -0.3 is 10.2 Å². The van der Waals surface area contributed by atoms with Crippen LogP contribution in [-0.2, 0) is 6.54 Å². The van der Waals surface area contributed by atoms with E-state index in [0.29, 0.717) is 0 Å². The predicted molar refractivity (Wildman–Crippen MR) is 67.3 cm³/mol. The Morgan fingerprint density at radius 1 is 1.64 bits per heavy atom. The molecule has 1 rings (SSSR count). The summed E-state index contributed by atoms with van der Waals surface area (Å²) < 4.78 is 1.84. The van der Waals surface area contributed by atoms with Crippen LogP contribution in [0.1, 0.15) is 4.88 Å². The molecule has 0 saturated carbocycles. The molecule has 0 atom stereocenters. The highest BCUT2D eigenvalue weighted by Crippen LogP contribution is 2.32. The third-order valence-electron chi connectivity index (χ3n) is 1.87. The number of nitrogens with one attached hydrogen (secondary N) is 1. The Morgan fingerprint density at radius 3 is 2.86 bits per heavy atom. The van der Waals surface area contributed by atoms with Gasteiger partial charge in [-0.2, -0.15) is 0 Å². The molecule has 1 heterocycles. The van der Waals surface area contributed by atoms with E-state index < -0.39 is 0 Å². The van der Waals surface area contributed by atoms with Crippen molar-refractivity contribution in [3.8, 4) is 0 Å². The van der Waals surface area contributed by atoms with Crippen LogP contribution in [0.25, 0.3) is 0 Å². The van der Waals surface area contributed by atoms with E-state index >= 15 is 0 Å². The van der Waals surface area contributed by atoms with Crippen LogP contribution in [0.4, 0.5) is 0 Å². The first kappa shape index (κ1) is 12.5. The van der Waals surface area contributed by atoms with Crippen molar-refractivity contribution < 1.29 is 0 Å². The number of hydrogen-bond acceptors (Lipinski definition) is 3. The summed E-state index contributed by atoms with van der Waals surface area (Å²) in [6.45, 7) is 3.01. The fraction of sp³-hybridized carbons (Fsp3) is 0.556. The second kappa shape index (κ2) is 6.08. The Morgan fingerprint density at radius 2 is 2.36 bits per heavy atom. The van der Waals surface area contributed by atoms with Gasteiger partial charge in [-0.15, -0.1) is 11.3 Å². The van der Waals surface area contributed by atoms with E-state index in [0.717, 1.165) is 28.4 Å². The lowest BCUT2D eigenvalue weighted by Gasteiger charge is -2.14. The van der Waals surface area contributed by atoms with Gasteiger partial charge in [0.2, 0.25) is 0 Å². The Kier molecular flexibility index (Phi) is 5.41. The summed E-state index contributed by atoms with van der Waals surface area (Å²) in [4.78, 5) is 3.56. The summed E-state index contributed by atoms with van der Waals surface area (Å²) in [6.07, 6.45) is 0. The van der Waals surface area contributed by atoms with Crippen LogP contribution in [0.5, 0.6) is 0 Å². The Balaban J connectivity index is 2.43. The summed E-state index contributed by atoms with van der Waals surface area (Å²) >= 11 is 11.0.